The molecule has 0 unspecified atom stereocenters. The Balaban J connectivity index is 1.56. The first-order chi connectivity index (χ1) is 13.4. The van der Waals surface area contributed by atoms with Crippen LogP contribution in [0.15, 0.2) is 58.3 Å². The highest BCUT2D eigenvalue weighted by Crippen LogP contribution is 2.34. The first-order valence-electron chi connectivity index (χ1n) is 8.88. The Labute approximate surface area is 179 Å². The lowest BCUT2D eigenvalue weighted by Crippen LogP contribution is -2.49. The molecular weight excluding hydrogens is 415 g/mol. The van der Waals surface area contributed by atoms with Gasteiger partial charge in [0, 0.05) is 54.0 Å². The highest BCUT2D eigenvalue weighted by molar-refractivity contribution is 7.99. The van der Waals surface area contributed by atoms with Crippen molar-refractivity contribution in [2.24, 2.45) is 0 Å². The lowest BCUT2D eigenvalue weighted by Gasteiger charge is -2.33. The molecule has 0 spiro atoms. The number of benzene rings is 2. The topological polar surface area (TPSA) is 40.6 Å². The third kappa shape index (κ3) is 5.53. The number of hydrogen-bond donors (Lipinski definition) is 0. The summed E-state index contributed by atoms with van der Waals surface area (Å²) in [7, 11) is 0. The summed E-state index contributed by atoms with van der Waals surface area (Å²) in [5.74, 6) is 0.0232. The molecule has 2 aromatic rings. The van der Waals surface area contributed by atoms with Gasteiger partial charge in [0.05, 0.1) is 5.02 Å². The molecule has 3 rings (SSSR count). The third-order valence-corrected chi connectivity index (χ3v) is 6.20. The number of nitrogens with zero attached hydrogens (tertiary/aromatic N) is 2. The van der Waals surface area contributed by atoms with Crippen LogP contribution in [0, 0.1) is 0 Å². The normalized spacial score (nSPS) is 14.5. The standard InChI is InChI=1S/C21H20Cl2N2O2S/c1-15(26)24-10-12-25(13-11-24)21(27)9-4-16-2-6-18(7-3-16)28-20-8-5-17(22)14-19(20)23/h2-9,14H,10-13H2,1H3/b9-4+. The second-order valence-electron chi connectivity index (χ2n) is 6.41. The number of rotatable bonds is 4. The first-order valence-corrected chi connectivity index (χ1v) is 10.4. The maximum atomic E-state index is 12.3. The number of amides is 2. The minimum Gasteiger partial charge on any atom is -0.339 e. The lowest BCUT2D eigenvalue weighted by atomic mass is 10.2. The largest absolute Gasteiger partial charge is 0.339 e. The van der Waals surface area contributed by atoms with Crippen molar-refractivity contribution < 1.29 is 9.59 Å². The summed E-state index contributed by atoms with van der Waals surface area (Å²) in [4.78, 5) is 29.2. The highest BCUT2D eigenvalue weighted by Gasteiger charge is 2.20. The molecule has 0 saturated carbocycles. The zero-order chi connectivity index (χ0) is 20.1. The van der Waals surface area contributed by atoms with Crippen molar-refractivity contribution >= 4 is 52.9 Å². The molecule has 7 heteroatoms. The Morgan fingerprint density at radius 1 is 0.964 bits per heavy atom. The average Bonchev–Trinajstić information content (AvgIpc) is 2.69. The number of halogens is 2. The summed E-state index contributed by atoms with van der Waals surface area (Å²) >= 11 is 13.7. The summed E-state index contributed by atoms with van der Waals surface area (Å²) in [6.07, 6.45) is 3.39. The zero-order valence-electron chi connectivity index (χ0n) is 15.4. The van der Waals surface area contributed by atoms with Gasteiger partial charge in [0.2, 0.25) is 11.8 Å². The summed E-state index contributed by atoms with van der Waals surface area (Å²) in [5, 5.41) is 1.24. The molecule has 2 aromatic carbocycles. The predicted octanol–water partition coefficient (Wildman–Crippen LogP) is 4.85. The summed E-state index contributed by atoms with van der Waals surface area (Å²) < 4.78 is 0. The van der Waals surface area contributed by atoms with E-state index >= 15 is 0 Å². The van der Waals surface area contributed by atoms with Crippen molar-refractivity contribution in [1.82, 2.24) is 9.80 Å². The van der Waals surface area contributed by atoms with Gasteiger partial charge in [0.1, 0.15) is 0 Å². The summed E-state index contributed by atoms with van der Waals surface area (Å²) in [6, 6.07) is 13.3. The number of hydrogen-bond acceptors (Lipinski definition) is 3. The SMILES string of the molecule is CC(=O)N1CCN(C(=O)/C=C/c2ccc(Sc3ccc(Cl)cc3Cl)cc2)CC1. The van der Waals surface area contributed by atoms with E-state index in [1.54, 1.807) is 40.6 Å². The maximum absolute atomic E-state index is 12.3. The van der Waals surface area contributed by atoms with Gasteiger partial charge >= 0.3 is 0 Å². The van der Waals surface area contributed by atoms with Crippen molar-refractivity contribution in [3.63, 3.8) is 0 Å². The molecule has 0 N–H and O–H groups in total. The monoisotopic (exact) mass is 434 g/mol. The van der Waals surface area contributed by atoms with E-state index in [0.29, 0.717) is 36.2 Å². The van der Waals surface area contributed by atoms with Gasteiger partial charge in [0.25, 0.3) is 0 Å². The molecule has 1 fully saturated rings. The van der Waals surface area contributed by atoms with E-state index < -0.39 is 0 Å². The molecule has 0 aliphatic carbocycles. The van der Waals surface area contributed by atoms with Crippen molar-refractivity contribution in [3.8, 4) is 0 Å². The van der Waals surface area contributed by atoms with Gasteiger partial charge in [-0.05, 0) is 42.0 Å². The molecule has 4 nitrogen and oxygen atoms in total. The average molecular weight is 435 g/mol. The van der Waals surface area contributed by atoms with Gasteiger partial charge in [-0.15, -0.1) is 0 Å². The van der Waals surface area contributed by atoms with Gasteiger partial charge in [-0.2, -0.15) is 0 Å². The first kappa shape index (κ1) is 20.8. The zero-order valence-corrected chi connectivity index (χ0v) is 17.7. The van der Waals surface area contributed by atoms with Crippen LogP contribution in [-0.2, 0) is 9.59 Å². The molecule has 2 amide bonds. The van der Waals surface area contributed by atoms with Gasteiger partial charge in [0.15, 0.2) is 0 Å². The van der Waals surface area contributed by atoms with Crippen molar-refractivity contribution in [2.75, 3.05) is 26.2 Å². The number of carbonyl (C=O) groups excluding carboxylic acids is 2. The fraction of sp³-hybridized carbons (Fsp3) is 0.238. The van der Waals surface area contributed by atoms with Crippen LogP contribution in [0.1, 0.15) is 12.5 Å². The fourth-order valence-electron chi connectivity index (χ4n) is 2.85. The van der Waals surface area contributed by atoms with Crippen LogP contribution in [0.2, 0.25) is 10.0 Å². The molecule has 0 bridgehead atoms. The van der Waals surface area contributed by atoms with Gasteiger partial charge in [-0.3, -0.25) is 9.59 Å². The Morgan fingerprint density at radius 2 is 1.61 bits per heavy atom. The lowest BCUT2D eigenvalue weighted by molar-refractivity contribution is -0.135. The fourth-order valence-corrected chi connectivity index (χ4v) is 4.19. The molecule has 1 aliphatic rings. The molecule has 0 atom stereocenters. The van der Waals surface area contributed by atoms with E-state index in [2.05, 4.69) is 0 Å². The Bertz CT molecular complexity index is 892. The Hall–Kier alpha value is -1.95. The van der Waals surface area contributed by atoms with Crippen molar-refractivity contribution in [3.05, 3.63) is 64.1 Å². The third-order valence-electron chi connectivity index (χ3n) is 4.46. The Morgan fingerprint density at radius 3 is 2.21 bits per heavy atom. The van der Waals surface area contributed by atoms with Crippen LogP contribution in [0.3, 0.4) is 0 Å². The second-order valence-corrected chi connectivity index (χ2v) is 8.37. The van der Waals surface area contributed by atoms with Crippen LogP contribution >= 0.6 is 35.0 Å². The molecule has 0 aromatic heterocycles. The van der Waals surface area contributed by atoms with Crippen LogP contribution in [0.5, 0.6) is 0 Å². The minimum atomic E-state index is -0.0328. The Kier molecular flexibility index (Phi) is 7.05. The van der Waals surface area contributed by atoms with Crippen LogP contribution in [0.4, 0.5) is 0 Å². The molecule has 1 saturated heterocycles. The molecule has 28 heavy (non-hydrogen) atoms. The number of carbonyl (C=O) groups is 2. The second kappa shape index (κ2) is 9.50. The number of piperazine rings is 1. The summed E-state index contributed by atoms with van der Waals surface area (Å²) in [5.41, 5.74) is 0.947. The van der Waals surface area contributed by atoms with E-state index in [4.69, 9.17) is 23.2 Å². The molecule has 0 radical (unpaired) electrons. The van der Waals surface area contributed by atoms with E-state index in [9.17, 15) is 9.59 Å². The van der Waals surface area contributed by atoms with E-state index in [0.717, 1.165) is 15.4 Å². The molecule has 1 heterocycles. The van der Waals surface area contributed by atoms with Gasteiger partial charge in [-0.1, -0.05) is 47.1 Å². The van der Waals surface area contributed by atoms with Crippen LogP contribution in [0.25, 0.3) is 6.08 Å². The highest BCUT2D eigenvalue weighted by atomic mass is 35.5. The van der Waals surface area contributed by atoms with Crippen molar-refractivity contribution in [2.45, 2.75) is 16.7 Å². The minimum absolute atomic E-state index is 0.0328. The molecule has 146 valence electrons. The van der Waals surface area contributed by atoms with E-state index in [1.165, 1.54) is 0 Å². The van der Waals surface area contributed by atoms with E-state index in [1.807, 2.05) is 42.5 Å². The quantitative estimate of drug-likeness (QED) is 0.645. The predicted molar refractivity (Wildman–Crippen MR) is 115 cm³/mol. The molecule has 1 aliphatic heterocycles. The van der Waals surface area contributed by atoms with Gasteiger partial charge in [-0.25, -0.2) is 0 Å². The van der Waals surface area contributed by atoms with Crippen molar-refractivity contribution in [1.29, 1.82) is 0 Å². The smallest absolute Gasteiger partial charge is 0.246 e. The summed E-state index contributed by atoms with van der Waals surface area (Å²) in [6.45, 7) is 3.88. The van der Waals surface area contributed by atoms with E-state index in [-0.39, 0.29) is 11.8 Å². The van der Waals surface area contributed by atoms with Crippen LogP contribution < -0.4 is 0 Å². The maximum Gasteiger partial charge on any atom is 0.246 e. The molecular formula is C21H20Cl2N2O2S. The van der Waals surface area contributed by atoms with Gasteiger partial charge < -0.3 is 9.80 Å². The van der Waals surface area contributed by atoms with Crippen LogP contribution in [-0.4, -0.2) is 47.8 Å².